The lowest BCUT2D eigenvalue weighted by atomic mass is 10.1. The van der Waals surface area contributed by atoms with Gasteiger partial charge in [0.15, 0.2) is 14.6 Å². The molecule has 7 heteroatoms. The number of likely N-dealkylation sites (N-methyl/N-ethyl adjacent to an activating group) is 1. The topological polar surface area (TPSA) is 69.7 Å². The fourth-order valence-electron chi connectivity index (χ4n) is 5.03. The lowest BCUT2D eigenvalue weighted by Crippen LogP contribution is -2.47. The summed E-state index contributed by atoms with van der Waals surface area (Å²) in [5.41, 5.74) is 3.35. The first-order valence-corrected chi connectivity index (χ1v) is 13.3. The van der Waals surface area contributed by atoms with E-state index in [0.29, 0.717) is 24.1 Å². The fraction of sp³-hybridized carbons (Fsp3) is 0.500. The summed E-state index contributed by atoms with van der Waals surface area (Å²) in [5.74, 6) is -0.405. The lowest BCUT2D eigenvalue weighted by molar-refractivity contribution is -0.118. The Morgan fingerprint density at radius 1 is 1.00 bits per heavy atom. The average molecular weight is 470 g/mol. The number of carbonyl (C=O) groups excluding carboxylic acids is 1. The second-order valence-electron chi connectivity index (χ2n) is 9.71. The molecule has 0 unspecified atom stereocenters. The summed E-state index contributed by atoms with van der Waals surface area (Å²) in [6.45, 7) is 8.64. The van der Waals surface area contributed by atoms with Crippen LogP contribution in [0.1, 0.15) is 42.4 Å². The number of amides is 1. The molecule has 2 aromatic carbocycles. The Morgan fingerprint density at radius 3 is 2.39 bits per heavy atom. The number of aryl methyl sites for hydroxylation is 2. The number of carbonyl (C=O) groups is 1. The number of nitrogens with zero attached hydrogens (tertiary/aromatic N) is 2. The molecule has 1 aliphatic carbocycles. The number of hydrogen-bond donors (Lipinski definition) is 1. The van der Waals surface area contributed by atoms with Crippen LogP contribution in [0.15, 0.2) is 47.4 Å². The molecule has 0 atom stereocenters. The van der Waals surface area contributed by atoms with Crippen LogP contribution >= 0.6 is 0 Å². The molecule has 1 saturated heterocycles. The van der Waals surface area contributed by atoms with Crippen LogP contribution in [0.25, 0.3) is 0 Å². The van der Waals surface area contributed by atoms with Crippen LogP contribution < -0.4 is 5.32 Å². The minimum absolute atomic E-state index is 0.281. The van der Waals surface area contributed by atoms with Crippen molar-refractivity contribution >= 4 is 21.4 Å². The molecule has 0 spiro atoms. The maximum atomic E-state index is 13.8. The SMILES string of the molecule is Cc1ccc(C)c(S(=O)(=O)C2(C(=O)Nc3cccc(CN4CCN(C)CC4)c3)CCCC2)c1. The number of benzene rings is 2. The van der Waals surface area contributed by atoms with E-state index in [4.69, 9.17) is 0 Å². The van der Waals surface area contributed by atoms with Gasteiger partial charge >= 0.3 is 0 Å². The second-order valence-corrected chi connectivity index (χ2v) is 11.9. The molecule has 0 radical (unpaired) electrons. The summed E-state index contributed by atoms with van der Waals surface area (Å²) in [6.07, 6.45) is 2.19. The number of hydrogen-bond acceptors (Lipinski definition) is 5. The van der Waals surface area contributed by atoms with Gasteiger partial charge in [0.05, 0.1) is 4.90 Å². The summed E-state index contributed by atoms with van der Waals surface area (Å²) in [7, 11) is -1.70. The number of piperazine rings is 1. The number of rotatable bonds is 6. The minimum atomic E-state index is -3.84. The van der Waals surface area contributed by atoms with Crippen molar-refractivity contribution in [3.05, 3.63) is 59.2 Å². The number of anilines is 1. The van der Waals surface area contributed by atoms with E-state index >= 15 is 0 Å². The molecule has 1 saturated carbocycles. The molecule has 2 fully saturated rings. The molecular weight excluding hydrogens is 434 g/mol. The van der Waals surface area contributed by atoms with Crippen LogP contribution in [0.4, 0.5) is 5.69 Å². The molecule has 1 heterocycles. The van der Waals surface area contributed by atoms with Crippen LogP contribution in [-0.2, 0) is 21.2 Å². The molecule has 33 heavy (non-hydrogen) atoms. The van der Waals surface area contributed by atoms with Gasteiger partial charge in [0.25, 0.3) is 0 Å². The van der Waals surface area contributed by atoms with Crippen molar-refractivity contribution in [2.45, 2.75) is 55.7 Å². The maximum absolute atomic E-state index is 13.8. The summed E-state index contributed by atoms with van der Waals surface area (Å²) < 4.78 is 26.3. The molecule has 6 nitrogen and oxygen atoms in total. The predicted octanol–water partition coefficient (Wildman–Crippen LogP) is 3.78. The van der Waals surface area contributed by atoms with Crippen LogP contribution in [-0.4, -0.2) is 62.1 Å². The van der Waals surface area contributed by atoms with Crippen molar-refractivity contribution in [3.63, 3.8) is 0 Å². The standard InChI is InChI=1S/C26H35N3O3S/c1-20-9-10-21(2)24(17-20)33(31,32)26(11-4-5-12-26)25(30)27-23-8-6-7-22(18-23)19-29-15-13-28(3)14-16-29/h6-10,17-18H,4-5,11-16,19H2,1-3H3,(H,27,30). The zero-order valence-corrected chi connectivity index (χ0v) is 20.7. The Balaban J connectivity index is 1.56. The molecule has 1 amide bonds. The van der Waals surface area contributed by atoms with Crippen molar-refractivity contribution < 1.29 is 13.2 Å². The molecule has 2 aliphatic rings. The van der Waals surface area contributed by atoms with Crippen molar-refractivity contribution in [2.75, 3.05) is 38.5 Å². The van der Waals surface area contributed by atoms with Gasteiger partial charge < -0.3 is 10.2 Å². The highest BCUT2D eigenvalue weighted by Crippen LogP contribution is 2.42. The summed E-state index contributed by atoms with van der Waals surface area (Å²) in [5, 5.41) is 2.97. The molecular formula is C26H35N3O3S. The van der Waals surface area contributed by atoms with E-state index in [1.165, 1.54) is 0 Å². The quantitative estimate of drug-likeness (QED) is 0.697. The third-order valence-corrected chi connectivity index (χ3v) is 9.80. The smallest absolute Gasteiger partial charge is 0.246 e. The Hall–Kier alpha value is -2.22. The molecule has 178 valence electrons. The first-order valence-electron chi connectivity index (χ1n) is 11.8. The lowest BCUT2D eigenvalue weighted by Gasteiger charge is -2.32. The highest BCUT2D eigenvalue weighted by atomic mass is 32.2. The summed E-state index contributed by atoms with van der Waals surface area (Å²) in [6, 6.07) is 13.2. The van der Waals surface area contributed by atoms with E-state index in [9.17, 15) is 13.2 Å². The molecule has 1 N–H and O–H groups in total. The average Bonchev–Trinajstić information content (AvgIpc) is 3.29. The second kappa shape index (κ2) is 9.57. The number of nitrogens with one attached hydrogen (secondary N) is 1. The van der Waals surface area contributed by atoms with Gasteiger partial charge in [0.1, 0.15) is 0 Å². The third kappa shape index (κ3) is 4.86. The Labute approximate surface area is 197 Å². The van der Waals surface area contributed by atoms with Gasteiger partial charge in [-0.15, -0.1) is 0 Å². The molecule has 1 aliphatic heterocycles. The van der Waals surface area contributed by atoms with E-state index < -0.39 is 20.5 Å². The van der Waals surface area contributed by atoms with E-state index in [1.54, 1.807) is 13.0 Å². The van der Waals surface area contributed by atoms with Crippen LogP contribution in [0.2, 0.25) is 0 Å². The van der Waals surface area contributed by atoms with Gasteiger partial charge in [-0.05, 0) is 68.6 Å². The zero-order valence-electron chi connectivity index (χ0n) is 19.9. The van der Waals surface area contributed by atoms with E-state index in [-0.39, 0.29) is 4.90 Å². The Kier molecular flexibility index (Phi) is 6.93. The van der Waals surface area contributed by atoms with Crippen LogP contribution in [0.5, 0.6) is 0 Å². The monoisotopic (exact) mass is 469 g/mol. The molecule has 2 aromatic rings. The first kappa shape index (κ1) is 23.9. The van der Waals surface area contributed by atoms with E-state index in [0.717, 1.165) is 56.7 Å². The van der Waals surface area contributed by atoms with Crippen molar-refractivity contribution in [2.24, 2.45) is 0 Å². The van der Waals surface area contributed by atoms with Crippen LogP contribution in [0, 0.1) is 13.8 Å². The number of sulfone groups is 1. The fourth-order valence-corrected chi connectivity index (χ4v) is 7.40. The van der Waals surface area contributed by atoms with Gasteiger partial charge in [0.2, 0.25) is 5.91 Å². The Morgan fingerprint density at radius 2 is 1.70 bits per heavy atom. The van der Waals surface area contributed by atoms with Gasteiger partial charge in [-0.2, -0.15) is 0 Å². The van der Waals surface area contributed by atoms with Gasteiger partial charge in [-0.3, -0.25) is 9.69 Å². The van der Waals surface area contributed by atoms with Crippen LogP contribution in [0.3, 0.4) is 0 Å². The van der Waals surface area contributed by atoms with Crippen molar-refractivity contribution in [3.8, 4) is 0 Å². The van der Waals surface area contributed by atoms with Gasteiger partial charge in [0, 0.05) is 38.4 Å². The molecule has 0 bridgehead atoms. The summed E-state index contributed by atoms with van der Waals surface area (Å²) >= 11 is 0. The van der Waals surface area contributed by atoms with E-state index in [2.05, 4.69) is 28.2 Å². The highest BCUT2D eigenvalue weighted by Gasteiger charge is 2.53. The van der Waals surface area contributed by atoms with Crippen molar-refractivity contribution in [1.82, 2.24) is 9.80 Å². The van der Waals surface area contributed by atoms with Crippen molar-refractivity contribution in [1.29, 1.82) is 0 Å². The molecule has 4 rings (SSSR count). The first-order chi connectivity index (χ1) is 15.7. The van der Waals surface area contributed by atoms with Gasteiger partial charge in [-0.25, -0.2) is 8.42 Å². The minimum Gasteiger partial charge on any atom is -0.325 e. The largest absolute Gasteiger partial charge is 0.325 e. The Bertz CT molecular complexity index is 1120. The third-order valence-electron chi connectivity index (χ3n) is 7.16. The predicted molar refractivity (Wildman–Crippen MR) is 132 cm³/mol. The summed E-state index contributed by atoms with van der Waals surface area (Å²) in [4.78, 5) is 18.6. The maximum Gasteiger partial charge on any atom is 0.246 e. The highest BCUT2D eigenvalue weighted by molar-refractivity contribution is 7.93. The zero-order chi connectivity index (χ0) is 23.6. The normalized spacial score (nSPS) is 19.5. The van der Waals surface area contributed by atoms with E-state index in [1.807, 2.05) is 37.3 Å². The molecule has 0 aromatic heterocycles. The van der Waals surface area contributed by atoms with Gasteiger partial charge in [-0.1, -0.05) is 37.1 Å².